The van der Waals surface area contributed by atoms with E-state index in [0.29, 0.717) is 22.4 Å². The molecule has 0 radical (unpaired) electrons. The summed E-state index contributed by atoms with van der Waals surface area (Å²) in [4.78, 5) is 38.4. The van der Waals surface area contributed by atoms with Crippen molar-refractivity contribution >= 4 is 25.0 Å². The number of amides is 3. The predicted molar refractivity (Wildman–Crippen MR) is 101 cm³/mol. The number of methoxy groups -OCH3 is 1. The number of ether oxygens (including phenoxy) is 1. The van der Waals surface area contributed by atoms with E-state index in [0.717, 1.165) is 18.7 Å². The number of rotatable bonds is 2. The van der Waals surface area contributed by atoms with Crippen LogP contribution < -0.4 is 0 Å². The number of halogens is 1. The molecule has 4 rings (SSSR count). The Morgan fingerprint density at radius 1 is 1.33 bits per heavy atom. The van der Waals surface area contributed by atoms with E-state index in [1.807, 2.05) is 6.92 Å². The SMILES string of the molecule is CCC1=C2B(O)O[C@H](c3ccc(O)c(F)c3)C[C@H]2[C@H]2C(=O)N(C(=O)OC)C(=O)[C@H]2C1. The third-order valence-corrected chi connectivity index (χ3v) is 6.34. The number of allylic oxidation sites excluding steroid dienone is 2. The van der Waals surface area contributed by atoms with Crippen LogP contribution in [0.4, 0.5) is 9.18 Å². The zero-order valence-electron chi connectivity index (χ0n) is 16.5. The highest BCUT2D eigenvalue weighted by molar-refractivity contribution is 6.53. The quantitative estimate of drug-likeness (QED) is 0.560. The maximum absolute atomic E-state index is 13.9. The van der Waals surface area contributed by atoms with Gasteiger partial charge in [0.25, 0.3) is 0 Å². The molecule has 1 aromatic rings. The van der Waals surface area contributed by atoms with Crippen LogP contribution in [0.15, 0.2) is 29.2 Å². The molecule has 0 unspecified atom stereocenters. The number of imide groups is 3. The van der Waals surface area contributed by atoms with Gasteiger partial charge in [-0.15, -0.1) is 0 Å². The van der Waals surface area contributed by atoms with E-state index >= 15 is 0 Å². The van der Waals surface area contributed by atoms with Gasteiger partial charge in [-0.3, -0.25) is 9.59 Å². The third kappa shape index (κ3) is 3.02. The van der Waals surface area contributed by atoms with Gasteiger partial charge in [-0.1, -0.05) is 18.6 Å². The maximum atomic E-state index is 13.9. The molecular formula is C20H21BFNO7. The van der Waals surface area contributed by atoms with Crippen molar-refractivity contribution < 1.29 is 38.3 Å². The summed E-state index contributed by atoms with van der Waals surface area (Å²) in [5, 5.41) is 20.2. The highest BCUT2D eigenvalue weighted by Crippen LogP contribution is 2.52. The van der Waals surface area contributed by atoms with E-state index < -0.39 is 60.5 Å². The minimum atomic E-state index is -1.32. The number of likely N-dealkylation sites (tertiary alicyclic amines) is 1. The number of aromatic hydroxyl groups is 1. The van der Waals surface area contributed by atoms with Gasteiger partial charge in [-0.25, -0.2) is 9.18 Å². The molecule has 0 bridgehead atoms. The first-order valence-corrected chi connectivity index (χ1v) is 9.77. The lowest BCUT2D eigenvalue weighted by atomic mass is 9.55. The van der Waals surface area contributed by atoms with E-state index in [9.17, 15) is 28.9 Å². The highest BCUT2D eigenvalue weighted by Gasteiger charge is 2.59. The first kappa shape index (κ1) is 20.6. The molecule has 30 heavy (non-hydrogen) atoms. The molecule has 1 aliphatic carbocycles. The average Bonchev–Trinajstić information content (AvgIpc) is 2.98. The lowest BCUT2D eigenvalue weighted by molar-refractivity contribution is -0.137. The van der Waals surface area contributed by atoms with Gasteiger partial charge >= 0.3 is 13.2 Å². The van der Waals surface area contributed by atoms with Crippen LogP contribution in [0.2, 0.25) is 0 Å². The normalized spacial score (nSPS) is 28.5. The fraction of sp³-hybridized carbons (Fsp3) is 0.450. The Balaban J connectivity index is 1.74. The number of phenols is 1. The lowest BCUT2D eigenvalue weighted by Gasteiger charge is -2.42. The summed E-state index contributed by atoms with van der Waals surface area (Å²) < 4.78 is 24.2. The Labute approximate surface area is 172 Å². The molecule has 2 fully saturated rings. The molecule has 2 N–H and O–H groups in total. The summed E-state index contributed by atoms with van der Waals surface area (Å²) in [6.45, 7) is 1.88. The second-order valence-corrected chi connectivity index (χ2v) is 7.76. The van der Waals surface area contributed by atoms with E-state index in [4.69, 9.17) is 4.65 Å². The summed E-state index contributed by atoms with van der Waals surface area (Å²) in [7, 11) is -0.226. The van der Waals surface area contributed by atoms with Crippen LogP contribution >= 0.6 is 0 Å². The number of hydrogen-bond acceptors (Lipinski definition) is 7. The molecule has 3 aliphatic rings. The summed E-state index contributed by atoms with van der Waals surface area (Å²) >= 11 is 0. The second kappa shape index (κ2) is 7.52. The van der Waals surface area contributed by atoms with Gasteiger partial charge in [-0.2, -0.15) is 4.90 Å². The summed E-state index contributed by atoms with van der Waals surface area (Å²) in [6, 6.07) is 3.79. The van der Waals surface area contributed by atoms with Crippen molar-refractivity contribution in [3.05, 3.63) is 40.6 Å². The molecule has 2 aliphatic heterocycles. The number of carbonyl (C=O) groups excluding carboxylic acids is 3. The molecule has 1 aromatic carbocycles. The number of fused-ring (bicyclic) bond motifs is 3. The van der Waals surface area contributed by atoms with E-state index in [1.165, 1.54) is 12.1 Å². The van der Waals surface area contributed by atoms with Gasteiger partial charge in [0.2, 0.25) is 11.8 Å². The fourth-order valence-corrected chi connectivity index (χ4v) is 4.96. The number of benzene rings is 1. The van der Waals surface area contributed by atoms with Crippen molar-refractivity contribution in [3.8, 4) is 5.75 Å². The molecule has 158 valence electrons. The molecule has 10 heteroatoms. The van der Waals surface area contributed by atoms with Crippen molar-refractivity contribution in [2.45, 2.75) is 32.3 Å². The Bertz CT molecular complexity index is 964. The van der Waals surface area contributed by atoms with Crippen molar-refractivity contribution in [3.63, 3.8) is 0 Å². The summed E-state index contributed by atoms with van der Waals surface area (Å²) in [6.07, 6.45) is -0.757. The van der Waals surface area contributed by atoms with Crippen molar-refractivity contribution in [2.24, 2.45) is 17.8 Å². The lowest BCUT2D eigenvalue weighted by Crippen LogP contribution is -2.45. The summed E-state index contributed by atoms with van der Waals surface area (Å²) in [5.41, 5.74) is 1.77. The summed E-state index contributed by atoms with van der Waals surface area (Å²) in [5.74, 6) is -4.68. The molecule has 0 aromatic heterocycles. The van der Waals surface area contributed by atoms with E-state index in [-0.39, 0.29) is 12.8 Å². The molecule has 3 amide bonds. The first-order valence-electron chi connectivity index (χ1n) is 9.77. The van der Waals surface area contributed by atoms with E-state index in [2.05, 4.69) is 4.74 Å². The van der Waals surface area contributed by atoms with Gasteiger partial charge < -0.3 is 19.5 Å². The maximum Gasteiger partial charge on any atom is 0.487 e. The molecular weight excluding hydrogens is 396 g/mol. The first-order chi connectivity index (χ1) is 14.3. The topological polar surface area (TPSA) is 113 Å². The number of hydrogen-bond donors (Lipinski definition) is 2. The van der Waals surface area contributed by atoms with Gasteiger partial charge in [-0.05, 0) is 48.3 Å². The zero-order chi connectivity index (χ0) is 21.7. The number of phenolic OH excluding ortho intramolecular Hbond substituents is 1. The standard InChI is InChI=1S/C20H21BFNO7/c1-3-9-6-12-16(19(26)23(18(12)25)20(27)29-2)11-8-15(30-21(28)17(9)11)10-4-5-14(24)13(22)7-10/h4-5,7,11-12,15-16,24,28H,3,6,8H2,1-2H3/t11-,12-,15-,16+/m0/s1. The smallest absolute Gasteiger partial charge is 0.487 e. The Morgan fingerprint density at radius 2 is 2.07 bits per heavy atom. The monoisotopic (exact) mass is 417 g/mol. The second-order valence-electron chi connectivity index (χ2n) is 7.76. The number of nitrogens with zero attached hydrogens (tertiary/aromatic N) is 1. The van der Waals surface area contributed by atoms with Gasteiger partial charge in [0, 0.05) is 0 Å². The highest BCUT2D eigenvalue weighted by atomic mass is 19.1. The molecule has 2 saturated heterocycles. The Hall–Kier alpha value is -2.72. The van der Waals surface area contributed by atoms with Gasteiger partial charge in [0.05, 0.1) is 25.0 Å². The zero-order valence-corrected chi connectivity index (χ0v) is 16.5. The molecule has 2 heterocycles. The van der Waals surface area contributed by atoms with Crippen LogP contribution in [0.1, 0.15) is 37.9 Å². The fourth-order valence-electron chi connectivity index (χ4n) is 4.96. The Kier molecular flexibility index (Phi) is 5.15. The van der Waals surface area contributed by atoms with Crippen molar-refractivity contribution in [1.82, 2.24) is 4.90 Å². The van der Waals surface area contributed by atoms with Crippen LogP contribution in [0.5, 0.6) is 5.75 Å². The number of carbonyl (C=O) groups is 3. The molecule has 0 spiro atoms. The van der Waals surface area contributed by atoms with Crippen LogP contribution in [-0.4, -0.2) is 47.2 Å². The van der Waals surface area contributed by atoms with Crippen LogP contribution in [0.25, 0.3) is 0 Å². The minimum absolute atomic E-state index is 0.218. The Morgan fingerprint density at radius 3 is 2.70 bits per heavy atom. The van der Waals surface area contributed by atoms with Gasteiger partial charge in [0.15, 0.2) is 11.6 Å². The van der Waals surface area contributed by atoms with E-state index in [1.54, 1.807) is 0 Å². The van der Waals surface area contributed by atoms with Crippen molar-refractivity contribution in [2.75, 3.05) is 7.11 Å². The van der Waals surface area contributed by atoms with Crippen molar-refractivity contribution in [1.29, 1.82) is 0 Å². The molecule has 0 saturated carbocycles. The van der Waals surface area contributed by atoms with Gasteiger partial charge in [0.1, 0.15) is 0 Å². The average molecular weight is 417 g/mol. The largest absolute Gasteiger partial charge is 0.505 e. The molecule has 4 atom stereocenters. The predicted octanol–water partition coefficient (Wildman–Crippen LogP) is 2.11. The molecule has 8 nitrogen and oxygen atoms in total. The minimum Gasteiger partial charge on any atom is -0.505 e. The third-order valence-electron chi connectivity index (χ3n) is 6.34. The van der Waals surface area contributed by atoms with Crippen LogP contribution in [-0.2, 0) is 19.0 Å². The van der Waals surface area contributed by atoms with Crippen LogP contribution in [0.3, 0.4) is 0 Å². The van der Waals surface area contributed by atoms with Crippen LogP contribution in [0, 0.1) is 23.6 Å².